The van der Waals surface area contributed by atoms with Crippen LogP contribution in [0.25, 0.3) is 0 Å². The van der Waals surface area contributed by atoms with Gasteiger partial charge in [0.25, 0.3) is 0 Å². The number of nitrogens with one attached hydrogen (secondary N) is 1. The lowest BCUT2D eigenvalue weighted by Gasteiger charge is -2.31. The number of carbonyl (C=O) groups excluding carboxylic acids is 1. The molecule has 0 unspecified atom stereocenters. The van der Waals surface area contributed by atoms with Gasteiger partial charge in [0.15, 0.2) is 11.0 Å². The van der Waals surface area contributed by atoms with E-state index in [0.717, 1.165) is 38.9 Å². The quantitative estimate of drug-likeness (QED) is 0.877. The number of hydrogen-bond donors (Lipinski definition) is 1. The lowest BCUT2D eigenvalue weighted by molar-refractivity contribution is -0.130. The van der Waals surface area contributed by atoms with Gasteiger partial charge in [-0.25, -0.2) is 9.97 Å². The summed E-state index contributed by atoms with van der Waals surface area (Å²) in [5.41, 5.74) is 1.41. The number of carbonyl (C=O) groups is 1. The van der Waals surface area contributed by atoms with Gasteiger partial charge in [0.05, 0.1) is 0 Å². The molecule has 2 aromatic rings. The number of anilines is 1. The summed E-state index contributed by atoms with van der Waals surface area (Å²) in [6.07, 6.45) is 6.36. The monoisotopic (exact) mass is 374 g/mol. The van der Waals surface area contributed by atoms with Gasteiger partial charge in [-0.2, -0.15) is 0 Å². The molecule has 0 radical (unpaired) electrons. The Hall–Kier alpha value is -2.14. The fourth-order valence-corrected chi connectivity index (χ4v) is 3.02. The Labute approximate surface area is 160 Å². The van der Waals surface area contributed by atoms with E-state index in [0.29, 0.717) is 16.9 Å². The molecule has 5 nitrogen and oxygen atoms in total. The molecule has 1 aromatic heterocycles. The third-order valence-corrected chi connectivity index (χ3v) is 4.80. The first-order chi connectivity index (χ1) is 12.6. The molecular formula is C20H27ClN4O. The van der Waals surface area contributed by atoms with Crippen LogP contribution in [0.15, 0.2) is 42.7 Å². The van der Waals surface area contributed by atoms with Crippen molar-refractivity contribution in [2.75, 3.05) is 25.0 Å². The highest BCUT2D eigenvalue weighted by molar-refractivity contribution is 6.31. The minimum atomic E-state index is 0.165. The molecule has 26 heavy (non-hydrogen) atoms. The first-order valence-corrected chi connectivity index (χ1v) is 9.47. The molecule has 1 fully saturated rings. The number of likely N-dealkylation sites (tertiary alicyclic amines) is 1. The summed E-state index contributed by atoms with van der Waals surface area (Å²) in [6, 6.07) is 10.5. The number of hydrogen-bond acceptors (Lipinski definition) is 4. The first kappa shape index (κ1) is 20.2. The van der Waals surface area contributed by atoms with E-state index in [1.165, 1.54) is 5.56 Å². The normalized spacial score (nSPS) is 14.3. The van der Waals surface area contributed by atoms with Crippen molar-refractivity contribution < 1.29 is 4.79 Å². The van der Waals surface area contributed by atoms with E-state index in [9.17, 15) is 4.79 Å². The van der Waals surface area contributed by atoms with E-state index in [2.05, 4.69) is 46.5 Å². The summed E-state index contributed by atoms with van der Waals surface area (Å²) in [7, 11) is 0. The van der Waals surface area contributed by atoms with E-state index < -0.39 is 0 Å². The number of piperidine rings is 1. The third-order valence-electron chi connectivity index (χ3n) is 4.52. The molecule has 1 aliphatic rings. The van der Waals surface area contributed by atoms with Crippen LogP contribution < -0.4 is 5.32 Å². The minimum absolute atomic E-state index is 0.165. The van der Waals surface area contributed by atoms with Crippen molar-refractivity contribution in [3.63, 3.8) is 0 Å². The van der Waals surface area contributed by atoms with Crippen molar-refractivity contribution in [2.45, 2.75) is 33.1 Å². The summed E-state index contributed by atoms with van der Waals surface area (Å²) in [4.78, 5) is 21.2. The van der Waals surface area contributed by atoms with Crippen LogP contribution in [0.2, 0.25) is 5.15 Å². The van der Waals surface area contributed by atoms with Gasteiger partial charge in [0, 0.05) is 39.0 Å². The second-order valence-electron chi connectivity index (χ2n) is 6.37. The Morgan fingerprint density at radius 3 is 2.38 bits per heavy atom. The summed E-state index contributed by atoms with van der Waals surface area (Å²) < 4.78 is 0. The summed E-state index contributed by atoms with van der Waals surface area (Å²) in [5, 5.41) is 3.62. The molecule has 1 amide bonds. The Morgan fingerprint density at radius 1 is 1.19 bits per heavy atom. The predicted octanol–water partition coefficient (Wildman–Crippen LogP) is 4.05. The SMILES string of the molecule is CC(=O)N1CCC(CNc2nccnc2Cl)CC1.CCc1ccccc1. The molecule has 140 valence electrons. The summed E-state index contributed by atoms with van der Waals surface area (Å²) in [5.74, 6) is 1.35. The zero-order valence-electron chi connectivity index (χ0n) is 15.5. The van der Waals surface area contributed by atoms with Crippen molar-refractivity contribution in [2.24, 2.45) is 5.92 Å². The van der Waals surface area contributed by atoms with Gasteiger partial charge in [-0.15, -0.1) is 0 Å². The second-order valence-corrected chi connectivity index (χ2v) is 6.72. The highest BCUT2D eigenvalue weighted by Gasteiger charge is 2.20. The largest absolute Gasteiger partial charge is 0.367 e. The zero-order valence-corrected chi connectivity index (χ0v) is 16.2. The van der Waals surface area contributed by atoms with E-state index in [4.69, 9.17) is 11.6 Å². The molecular weight excluding hydrogens is 348 g/mol. The van der Waals surface area contributed by atoms with Crippen LogP contribution in [-0.2, 0) is 11.2 Å². The first-order valence-electron chi connectivity index (χ1n) is 9.10. The highest BCUT2D eigenvalue weighted by Crippen LogP contribution is 2.20. The molecule has 2 heterocycles. The molecule has 1 aromatic carbocycles. The maximum absolute atomic E-state index is 11.2. The number of amides is 1. The molecule has 3 rings (SSSR count). The van der Waals surface area contributed by atoms with Gasteiger partial charge in [-0.1, -0.05) is 48.9 Å². The summed E-state index contributed by atoms with van der Waals surface area (Å²) in [6.45, 7) is 6.29. The van der Waals surface area contributed by atoms with Crippen molar-refractivity contribution >= 4 is 23.3 Å². The smallest absolute Gasteiger partial charge is 0.219 e. The van der Waals surface area contributed by atoms with Crippen LogP contribution in [0.3, 0.4) is 0 Å². The average Bonchev–Trinajstić information content (AvgIpc) is 2.69. The van der Waals surface area contributed by atoms with Crippen molar-refractivity contribution in [1.29, 1.82) is 0 Å². The predicted molar refractivity (Wildman–Crippen MR) is 106 cm³/mol. The number of aryl methyl sites for hydroxylation is 1. The zero-order chi connectivity index (χ0) is 18.8. The molecule has 0 bridgehead atoms. The molecule has 1 aliphatic heterocycles. The maximum atomic E-state index is 11.2. The summed E-state index contributed by atoms with van der Waals surface area (Å²) >= 11 is 5.92. The maximum Gasteiger partial charge on any atom is 0.219 e. The van der Waals surface area contributed by atoms with E-state index in [1.807, 2.05) is 11.0 Å². The fraction of sp³-hybridized carbons (Fsp3) is 0.450. The lowest BCUT2D eigenvalue weighted by Crippen LogP contribution is -2.38. The number of benzene rings is 1. The van der Waals surface area contributed by atoms with E-state index in [-0.39, 0.29) is 5.91 Å². The molecule has 0 aliphatic carbocycles. The van der Waals surface area contributed by atoms with E-state index >= 15 is 0 Å². The lowest BCUT2D eigenvalue weighted by atomic mass is 9.97. The van der Waals surface area contributed by atoms with Gasteiger partial charge in [-0.3, -0.25) is 4.79 Å². The second kappa shape index (κ2) is 10.8. The molecule has 6 heteroatoms. The van der Waals surface area contributed by atoms with Gasteiger partial charge in [0.1, 0.15) is 0 Å². The molecule has 0 atom stereocenters. The number of aromatic nitrogens is 2. The van der Waals surface area contributed by atoms with Crippen LogP contribution in [-0.4, -0.2) is 40.4 Å². The van der Waals surface area contributed by atoms with Crippen molar-refractivity contribution in [1.82, 2.24) is 14.9 Å². The van der Waals surface area contributed by atoms with Gasteiger partial charge in [-0.05, 0) is 30.7 Å². The molecule has 1 saturated heterocycles. The van der Waals surface area contributed by atoms with Crippen LogP contribution >= 0.6 is 11.6 Å². The van der Waals surface area contributed by atoms with Crippen LogP contribution in [0.5, 0.6) is 0 Å². The average molecular weight is 375 g/mol. The Morgan fingerprint density at radius 2 is 1.85 bits per heavy atom. The van der Waals surface area contributed by atoms with Crippen LogP contribution in [0.1, 0.15) is 32.3 Å². The number of nitrogens with zero attached hydrogens (tertiary/aromatic N) is 3. The van der Waals surface area contributed by atoms with Crippen molar-refractivity contribution in [3.05, 3.63) is 53.4 Å². The van der Waals surface area contributed by atoms with Crippen LogP contribution in [0, 0.1) is 5.92 Å². The molecule has 0 saturated carbocycles. The Bertz CT molecular complexity index is 673. The van der Waals surface area contributed by atoms with Gasteiger partial charge >= 0.3 is 0 Å². The number of rotatable bonds is 4. The van der Waals surface area contributed by atoms with Crippen LogP contribution in [0.4, 0.5) is 5.82 Å². The van der Waals surface area contributed by atoms with Crippen molar-refractivity contribution in [3.8, 4) is 0 Å². The number of halogens is 1. The van der Waals surface area contributed by atoms with Gasteiger partial charge in [0.2, 0.25) is 5.91 Å². The topological polar surface area (TPSA) is 58.1 Å². The Kier molecular flexibility index (Phi) is 8.35. The fourth-order valence-electron chi connectivity index (χ4n) is 2.85. The molecule has 1 N–H and O–H groups in total. The molecule has 0 spiro atoms. The third kappa shape index (κ3) is 6.64. The van der Waals surface area contributed by atoms with Gasteiger partial charge < -0.3 is 10.2 Å². The standard InChI is InChI=1S/C12H17ClN4O.C8H10/c1-9(18)17-6-2-10(3-7-17)8-16-12-11(13)14-4-5-15-12;1-2-8-6-4-3-5-7-8/h4-5,10H,2-3,6-8H2,1H3,(H,15,16);3-7H,2H2,1H3. The van der Waals surface area contributed by atoms with E-state index in [1.54, 1.807) is 19.3 Å². The highest BCUT2D eigenvalue weighted by atomic mass is 35.5. The minimum Gasteiger partial charge on any atom is -0.367 e. The Balaban J connectivity index is 0.000000254.